The lowest BCUT2D eigenvalue weighted by Gasteiger charge is -2.35. The minimum Gasteiger partial charge on any atom is -0.444 e. The van der Waals surface area contributed by atoms with E-state index in [2.05, 4.69) is 10.6 Å². The maximum Gasteiger partial charge on any atom is 0.408 e. The minimum absolute atomic E-state index is 0.101. The van der Waals surface area contributed by atoms with Gasteiger partial charge >= 0.3 is 6.09 Å². The molecule has 3 amide bonds. The summed E-state index contributed by atoms with van der Waals surface area (Å²) >= 11 is 0. The van der Waals surface area contributed by atoms with Crippen LogP contribution in [0.25, 0.3) is 0 Å². The van der Waals surface area contributed by atoms with Gasteiger partial charge in [0.05, 0.1) is 6.61 Å². The Bertz CT molecular complexity index is 1110. The molecule has 2 atom stereocenters. The SMILES string of the molecule is Cc1cc(C)cc(C(C(=O)Nc2c(C)cccc2C)N(CCO)C(=O)C(NC(=O)OC(C)(C)C)C(C)C)c1. The normalized spacial score (nSPS) is 13.0. The van der Waals surface area contributed by atoms with E-state index in [1.165, 1.54) is 4.90 Å². The van der Waals surface area contributed by atoms with Gasteiger partial charge in [-0.25, -0.2) is 4.79 Å². The molecule has 0 fully saturated rings. The van der Waals surface area contributed by atoms with E-state index in [1.807, 2.05) is 64.1 Å². The Morgan fingerprint density at radius 2 is 1.53 bits per heavy atom. The second kappa shape index (κ2) is 12.9. The molecule has 0 spiro atoms. The Morgan fingerprint density at radius 1 is 0.974 bits per heavy atom. The van der Waals surface area contributed by atoms with E-state index in [1.54, 1.807) is 34.6 Å². The highest BCUT2D eigenvalue weighted by Gasteiger charge is 2.37. The van der Waals surface area contributed by atoms with Gasteiger partial charge in [-0.3, -0.25) is 9.59 Å². The van der Waals surface area contributed by atoms with Crippen molar-refractivity contribution in [3.63, 3.8) is 0 Å². The van der Waals surface area contributed by atoms with Gasteiger partial charge in [-0.15, -0.1) is 0 Å². The molecular formula is C30H43N3O5. The maximum atomic E-state index is 14.0. The number of rotatable bonds is 9. The molecule has 38 heavy (non-hydrogen) atoms. The van der Waals surface area contributed by atoms with Gasteiger partial charge in [0.25, 0.3) is 5.91 Å². The third-order valence-electron chi connectivity index (χ3n) is 6.08. The number of hydrogen-bond donors (Lipinski definition) is 3. The van der Waals surface area contributed by atoms with Crippen LogP contribution in [-0.2, 0) is 14.3 Å². The fourth-order valence-electron chi connectivity index (χ4n) is 4.44. The first-order chi connectivity index (χ1) is 17.6. The molecule has 2 unspecified atom stereocenters. The Hall–Kier alpha value is -3.39. The maximum absolute atomic E-state index is 14.0. The quantitative estimate of drug-likeness (QED) is 0.428. The van der Waals surface area contributed by atoms with Crippen molar-refractivity contribution < 1.29 is 24.2 Å². The van der Waals surface area contributed by atoms with Gasteiger partial charge in [0.2, 0.25) is 5.91 Å². The largest absolute Gasteiger partial charge is 0.444 e. The van der Waals surface area contributed by atoms with Gasteiger partial charge in [0, 0.05) is 12.2 Å². The number of aryl methyl sites for hydroxylation is 4. The van der Waals surface area contributed by atoms with Gasteiger partial charge in [0.1, 0.15) is 17.7 Å². The first kappa shape index (κ1) is 30.8. The predicted octanol–water partition coefficient (Wildman–Crippen LogP) is 4.97. The predicted molar refractivity (Wildman–Crippen MR) is 150 cm³/mol. The van der Waals surface area contributed by atoms with Gasteiger partial charge in [-0.2, -0.15) is 0 Å². The van der Waals surface area contributed by atoms with E-state index in [-0.39, 0.29) is 19.1 Å². The fraction of sp³-hybridized carbons (Fsp3) is 0.500. The number of alkyl carbamates (subject to hydrolysis) is 1. The topological polar surface area (TPSA) is 108 Å². The van der Waals surface area contributed by atoms with Crippen molar-refractivity contribution in [2.75, 3.05) is 18.5 Å². The number of benzene rings is 2. The van der Waals surface area contributed by atoms with Crippen LogP contribution in [0.1, 0.15) is 68.5 Å². The van der Waals surface area contributed by atoms with Crippen LogP contribution in [0.3, 0.4) is 0 Å². The number of carbonyl (C=O) groups is 3. The van der Waals surface area contributed by atoms with Crippen LogP contribution in [0.15, 0.2) is 36.4 Å². The summed E-state index contributed by atoms with van der Waals surface area (Å²) in [7, 11) is 0. The fourth-order valence-corrected chi connectivity index (χ4v) is 4.44. The molecular weight excluding hydrogens is 482 g/mol. The molecule has 0 radical (unpaired) electrons. The average Bonchev–Trinajstić information content (AvgIpc) is 2.77. The molecule has 3 N–H and O–H groups in total. The van der Waals surface area contributed by atoms with Crippen molar-refractivity contribution in [2.45, 2.75) is 80.0 Å². The first-order valence-electron chi connectivity index (χ1n) is 13.0. The third kappa shape index (κ3) is 8.31. The smallest absolute Gasteiger partial charge is 0.408 e. The van der Waals surface area contributed by atoms with Crippen LogP contribution >= 0.6 is 0 Å². The number of nitrogens with one attached hydrogen (secondary N) is 2. The highest BCUT2D eigenvalue weighted by atomic mass is 16.6. The molecule has 8 nitrogen and oxygen atoms in total. The zero-order chi connectivity index (χ0) is 28.8. The third-order valence-corrected chi connectivity index (χ3v) is 6.08. The Morgan fingerprint density at radius 3 is 2.00 bits per heavy atom. The number of hydrogen-bond acceptors (Lipinski definition) is 5. The van der Waals surface area contributed by atoms with Crippen LogP contribution in [0.5, 0.6) is 0 Å². The highest BCUT2D eigenvalue weighted by molar-refractivity contribution is 6.00. The van der Waals surface area contributed by atoms with Crippen LogP contribution in [0, 0.1) is 33.6 Å². The van der Waals surface area contributed by atoms with E-state index >= 15 is 0 Å². The lowest BCUT2D eigenvalue weighted by atomic mass is 9.96. The molecule has 0 heterocycles. The molecule has 208 valence electrons. The van der Waals surface area contributed by atoms with Crippen molar-refractivity contribution in [3.8, 4) is 0 Å². The average molecular weight is 526 g/mol. The number of para-hydroxylation sites is 1. The number of ether oxygens (including phenoxy) is 1. The van der Waals surface area contributed by atoms with Crippen LogP contribution in [-0.4, -0.2) is 52.7 Å². The summed E-state index contributed by atoms with van der Waals surface area (Å²) in [5.41, 5.74) is 4.21. The number of anilines is 1. The summed E-state index contributed by atoms with van der Waals surface area (Å²) in [6.07, 6.45) is -0.726. The van der Waals surface area contributed by atoms with Crippen LogP contribution in [0.4, 0.5) is 10.5 Å². The zero-order valence-electron chi connectivity index (χ0n) is 24.1. The van der Waals surface area contributed by atoms with Crippen LogP contribution in [0.2, 0.25) is 0 Å². The second-order valence-electron chi connectivity index (χ2n) is 11.2. The lowest BCUT2D eigenvalue weighted by Crippen LogP contribution is -2.55. The van der Waals surface area contributed by atoms with Crippen molar-refractivity contribution >= 4 is 23.6 Å². The summed E-state index contributed by atoms with van der Waals surface area (Å²) in [5.74, 6) is -1.20. The number of aliphatic hydroxyl groups is 1. The molecule has 0 saturated heterocycles. The summed E-state index contributed by atoms with van der Waals surface area (Å²) in [5, 5.41) is 15.7. The molecule has 2 rings (SSSR count). The molecule has 0 saturated carbocycles. The van der Waals surface area contributed by atoms with E-state index in [4.69, 9.17) is 4.74 Å². The first-order valence-corrected chi connectivity index (χ1v) is 13.0. The van der Waals surface area contributed by atoms with Crippen molar-refractivity contribution in [3.05, 3.63) is 64.2 Å². The van der Waals surface area contributed by atoms with Gasteiger partial charge in [0.15, 0.2) is 0 Å². The van der Waals surface area contributed by atoms with Gasteiger partial charge in [-0.05, 0) is 71.1 Å². The number of nitrogens with zero attached hydrogens (tertiary/aromatic N) is 1. The summed E-state index contributed by atoms with van der Waals surface area (Å²) < 4.78 is 5.39. The molecule has 0 aliphatic carbocycles. The Kier molecular flexibility index (Phi) is 10.5. The minimum atomic E-state index is -1.05. The van der Waals surface area contributed by atoms with Crippen LogP contribution < -0.4 is 10.6 Å². The molecule has 0 bridgehead atoms. The standard InChI is InChI=1S/C30H43N3O5/c1-18(2)24(32-29(37)38-30(7,8)9)28(36)33(13-14-34)26(23-16-19(3)15-20(4)17-23)27(35)31-25-21(5)11-10-12-22(25)6/h10-12,15-18,24,26,34H,13-14H2,1-9H3,(H,31,35)(H,32,37). The summed E-state index contributed by atoms with van der Waals surface area (Å²) in [6.45, 7) is 16.0. The monoisotopic (exact) mass is 525 g/mol. The summed E-state index contributed by atoms with van der Waals surface area (Å²) in [4.78, 5) is 41.9. The molecule has 2 aromatic carbocycles. The zero-order valence-corrected chi connectivity index (χ0v) is 24.1. The molecule has 0 aromatic heterocycles. The van der Waals surface area contributed by atoms with E-state index in [9.17, 15) is 19.5 Å². The molecule has 8 heteroatoms. The Balaban J connectivity index is 2.58. The second-order valence-corrected chi connectivity index (χ2v) is 11.2. The molecule has 0 aliphatic rings. The van der Waals surface area contributed by atoms with Gasteiger partial charge < -0.3 is 25.4 Å². The number of carbonyl (C=O) groups excluding carboxylic acids is 3. The van der Waals surface area contributed by atoms with Crippen molar-refractivity contribution in [2.24, 2.45) is 5.92 Å². The summed E-state index contributed by atoms with van der Waals surface area (Å²) in [6, 6.07) is 9.43. The van der Waals surface area contributed by atoms with Gasteiger partial charge in [-0.1, -0.05) is 61.4 Å². The van der Waals surface area contributed by atoms with Crippen molar-refractivity contribution in [1.82, 2.24) is 10.2 Å². The number of amides is 3. The molecule has 0 aliphatic heterocycles. The van der Waals surface area contributed by atoms with E-state index < -0.39 is 35.6 Å². The lowest BCUT2D eigenvalue weighted by molar-refractivity contribution is -0.142. The highest BCUT2D eigenvalue weighted by Crippen LogP contribution is 2.28. The van der Waals surface area contributed by atoms with Crippen molar-refractivity contribution in [1.29, 1.82) is 0 Å². The molecule has 2 aromatic rings. The van der Waals surface area contributed by atoms with E-state index in [0.717, 1.165) is 22.3 Å². The Labute approximate surface area is 226 Å². The number of aliphatic hydroxyl groups excluding tert-OH is 1. The van der Waals surface area contributed by atoms with E-state index in [0.29, 0.717) is 11.3 Å².